The zero-order valence-electron chi connectivity index (χ0n) is 11.5. The Morgan fingerprint density at radius 1 is 1.17 bits per heavy atom. The molecule has 0 unspecified atom stereocenters. The summed E-state index contributed by atoms with van der Waals surface area (Å²) < 4.78 is 25.2. The highest BCUT2D eigenvalue weighted by molar-refractivity contribution is 7.90. The van der Waals surface area contributed by atoms with E-state index in [4.69, 9.17) is 5.11 Å². The molecule has 0 bridgehead atoms. The number of rotatable bonds is 3. The largest absolute Gasteiger partial charge is 0.481 e. The molecule has 0 aliphatic heterocycles. The summed E-state index contributed by atoms with van der Waals surface area (Å²) in [4.78, 5) is 10.9. The van der Waals surface area contributed by atoms with Gasteiger partial charge < -0.3 is 5.11 Å². The van der Waals surface area contributed by atoms with Crippen molar-refractivity contribution in [2.24, 2.45) is 5.92 Å². The highest BCUT2D eigenvalue weighted by Gasteiger charge is 2.38. The van der Waals surface area contributed by atoms with Gasteiger partial charge in [0.05, 0.1) is 10.7 Å². The van der Waals surface area contributed by atoms with E-state index in [2.05, 4.69) is 0 Å². The molecule has 0 aromatic heterocycles. The molecule has 1 aliphatic carbocycles. The molecule has 6 heteroatoms. The molecule has 5 nitrogen and oxygen atoms in total. The number of hydrogen-bond acceptors (Lipinski definition) is 3. The van der Waals surface area contributed by atoms with Crippen LogP contribution in [0.4, 0.5) is 0 Å². The second kappa shape index (κ2) is 5.17. The lowest BCUT2D eigenvalue weighted by atomic mass is 9.86. The summed E-state index contributed by atoms with van der Waals surface area (Å²) in [6.45, 7) is 5.05. The van der Waals surface area contributed by atoms with Crippen molar-refractivity contribution < 1.29 is 18.3 Å². The molecule has 0 radical (unpaired) electrons. The van der Waals surface area contributed by atoms with E-state index in [1.165, 1.54) is 4.31 Å². The molecule has 1 rings (SSSR count). The lowest BCUT2D eigenvalue weighted by Gasteiger charge is -2.36. The van der Waals surface area contributed by atoms with Crippen molar-refractivity contribution in [1.29, 1.82) is 0 Å². The van der Waals surface area contributed by atoms with Gasteiger partial charge in [-0.1, -0.05) is 0 Å². The molecule has 0 saturated heterocycles. The molecule has 0 spiro atoms. The Morgan fingerprint density at radius 3 is 1.94 bits per heavy atom. The van der Waals surface area contributed by atoms with Gasteiger partial charge in [0.1, 0.15) is 0 Å². The number of carboxylic acids is 1. The quantitative estimate of drug-likeness (QED) is 0.852. The third-order valence-corrected chi connectivity index (χ3v) is 6.32. The Bertz CT molecular complexity index is 402. The van der Waals surface area contributed by atoms with Crippen molar-refractivity contribution in [3.63, 3.8) is 0 Å². The summed E-state index contributed by atoms with van der Waals surface area (Å²) in [5, 5.41) is 8.92. The van der Waals surface area contributed by atoms with Gasteiger partial charge in [0.25, 0.3) is 0 Å². The highest BCUT2D eigenvalue weighted by atomic mass is 32.2. The second-order valence-corrected chi connectivity index (χ2v) is 8.73. The van der Waals surface area contributed by atoms with E-state index in [0.29, 0.717) is 25.7 Å². The fourth-order valence-corrected chi connectivity index (χ4v) is 3.78. The molecular weight excluding hydrogens is 254 g/mol. The number of nitrogens with zero attached hydrogens (tertiary/aromatic N) is 1. The molecule has 18 heavy (non-hydrogen) atoms. The van der Waals surface area contributed by atoms with Gasteiger partial charge in [0, 0.05) is 13.1 Å². The van der Waals surface area contributed by atoms with Crippen LogP contribution in [0.3, 0.4) is 0 Å². The third kappa shape index (κ3) is 3.03. The Balaban J connectivity index is 2.72. The van der Waals surface area contributed by atoms with E-state index in [1.54, 1.807) is 27.8 Å². The number of sulfonamides is 1. The van der Waals surface area contributed by atoms with Gasteiger partial charge in [-0.05, 0) is 46.5 Å². The van der Waals surface area contributed by atoms with Crippen LogP contribution in [-0.4, -0.2) is 41.6 Å². The minimum absolute atomic E-state index is 0.0650. The minimum Gasteiger partial charge on any atom is -0.481 e. The fraction of sp³-hybridized carbons (Fsp3) is 0.917. The van der Waals surface area contributed by atoms with Crippen molar-refractivity contribution in [2.75, 3.05) is 7.05 Å². The van der Waals surface area contributed by atoms with Crippen LogP contribution >= 0.6 is 0 Å². The maximum Gasteiger partial charge on any atom is 0.306 e. The van der Waals surface area contributed by atoms with Crippen LogP contribution in [0.5, 0.6) is 0 Å². The van der Waals surface area contributed by atoms with Crippen LogP contribution in [0, 0.1) is 5.92 Å². The number of carboxylic acid groups (broad SMARTS) is 1. The molecule has 1 N–H and O–H groups in total. The first-order valence-corrected chi connectivity index (χ1v) is 7.71. The molecule has 0 heterocycles. The molecule has 1 saturated carbocycles. The van der Waals surface area contributed by atoms with Gasteiger partial charge in [-0.3, -0.25) is 4.79 Å². The summed E-state index contributed by atoms with van der Waals surface area (Å²) in [6.07, 6.45) is 2.37. The minimum atomic E-state index is -3.33. The van der Waals surface area contributed by atoms with Crippen molar-refractivity contribution in [1.82, 2.24) is 4.31 Å². The van der Waals surface area contributed by atoms with E-state index in [-0.39, 0.29) is 12.0 Å². The molecule has 0 aromatic carbocycles. The maximum absolute atomic E-state index is 12.3. The van der Waals surface area contributed by atoms with E-state index in [9.17, 15) is 13.2 Å². The van der Waals surface area contributed by atoms with Crippen LogP contribution in [0.25, 0.3) is 0 Å². The fourth-order valence-electron chi connectivity index (χ4n) is 2.31. The molecule has 0 amide bonds. The first kappa shape index (κ1) is 15.4. The predicted octanol–water partition coefficient (Wildman–Crippen LogP) is 1.69. The summed E-state index contributed by atoms with van der Waals surface area (Å²) in [5.41, 5.74) is 0. The Labute approximate surface area is 109 Å². The summed E-state index contributed by atoms with van der Waals surface area (Å²) >= 11 is 0. The third-order valence-electron chi connectivity index (χ3n) is 3.71. The number of hydrogen-bond donors (Lipinski definition) is 1. The highest BCUT2D eigenvalue weighted by Crippen LogP contribution is 2.31. The lowest BCUT2D eigenvalue weighted by molar-refractivity contribution is -0.143. The zero-order chi connectivity index (χ0) is 14.1. The molecule has 1 aliphatic rings. The molecule has 0 atom stereocenters. The Morgan fingerprint density at radius 2 is 1.61 bits per heavy atom. The van der Waals surface area contributed by atoms with Crippen LogP contribution < -0.4 is 0 Å². The maximum atomic E-state index is 12.3. The number of carbonyl (C=O) groups is 1. The Kier molecular flexibility index (Phi) is 4.43. The van der Waals surface area contributed by atoms with Gasteiger partial charge in [-0.2, -0.15) is 0 Å². The molecular formula is C12H23NO4S. The van der Waals surface area contributed by atoms with Gasteiger partial charge in [-0.25, -0.2) is 12.7 Å². The lowest BCUT2D eigenvalue weighted by Crippen LogP contribution is -2.47. The van der Waals surface area contributed by atoms with Crippen LogP contribution in [-0.2, 0) is 14.8 Å². The van der Waals surface area contributed by atoms with Gasteiger partial charge >= 0.3 is 5.97 Å². The summed E-state index contributed by atoms with van der Waals surface area (Å²) in [6, 6.07) is -0.0650. The topological polar surface area (TPSA) is 74.7 Å². The smallest absolute Gasteiger partial charge is 0.306 e. The molecule has 1 fully saturated rings. The summed E-state index contributed by atoms with van der Waals surface area (Å²) in [7, 11) is -1.72. The number of aliphatic carboxylic acids is 1. The van der Waals surface area contributed by atoms with Crippen molar-refractivity contribution in [2.45, 2.75) is 57.2 Å². The Hall–Kier alpha value is -0.620. The van der Waals surface area contributed by atoms with E-state index < -0.39 is 20.7 Å². The van der Waals surface area contributed by atoms with Crippen LogP contribution in [0.1, 0.15) is 46.5 Å². The monoisotopic (exact) mass is 277 g/mol. The van der Waals surface area contributed by atoms with E-state index >= 15 is 0 Å². The molecule has 0 aromatic rings. The first-order chi connectivity index (χ1) is 8.07. The van der Waals surface area contributed by atoms with Gasteiger partial charge in [0.2, 0.25) is 10.0 Å². The average molecular weight is 277 g/mol. The average Bonchev–Trinajstić information content (AvgIpc) is 2.26. The van der Waals surface area contributed by atoms with Crippen molar-refractivity contribution in [3.8, 4) is 0 Å². The molecule has 106 valence electrons. The van der Waals surface area contributed by atoms with Crippen LogP contribution in [0.2, 0.25) is 0 Å². The second-order valence-electron chi connectivity index (χ2n) is 5.98. The normalized spacial score (nSPS) is 26.3. The summed E-state index contributed by atoms with van der Waals surface area (Å²) in [5.74, 6) is -1.08. The predicted molar refractivity (Wildman–Crippen MR) is 69.8 cm³/mol. The van der Waals surface area contributed by atoms with Crippen molar-refractivity contribution >= 4 is 16.0 Å². The van der Waals surface area contributed by atoms with Crippen LogP contribution in [0.15, 0.2) is 0 Å². The van der Waals surface area contributed by atoms with Crippen molar-refractivity contribution in [3.05, 3.63) is 0 Å². The first-order valence-electron chi connectivity index (χ1n) is 6.27. The van der Waals surface area contributed by atoms with Gasteiger partial charge in [-0.15, -0.1) is 0 Å². The van der Waals surface area contributed by atoms with E-state index in [1.807, 2.05) is 0 Å². The van der Waals surface area contributed by atoms with Gasteiger partial charge in [0.15, 0.2) is 0 Å². The standard InChI is InChI=1S/C12H23NO4S/c1-12(2,3)18(16,17)13(4)10-7-5-9(6-8-10)11(14)15/h9-10H,5-8H2,1-4H3,(H,14,15)/t9-,10-. The zero-order valence-corrected chi connectivity index (χ0v) is 12.3. The SMILES string of the molecule is CN([C@H]1CC[C@H](C(=O)O)CC1)S(=O)(=O)C(C)(C)C. The van der Waals surface area contributed by atoms with E-state index in [0.717, 1.165) is 0 Å².